The number of carbonyl (C=O) groups is 1. The van der Waals surface area contributed by atoms with Crippen LogP contribution < -0.4 is 5.32 Å². The molecule has 112 valence electrons. The van der Waals surface area contributed by atoms with Crippen molar-refractivity contribution in [3.63, 3.8) is 0 Å². The molecule has 4 nitrogen and oxygen atoms in total. The van der Waals surface area contributed by atoms with Gasteiger partial charge in [0, 0.05) is 5.54 Å². The summed E-state index contributed by atoms with van der Waals surface area (Å²) in [6, 6.07) is 4.93. The zero-order valence-electron chi connectivity index (χ0n) is 12.8. The Hall–Kier alpha value is -1.36. The molecule has 0 aliphatic carbocycles. The number of sulfone groups is 1. The first-order valence-electron chi connectivity index (χ1n) is 6.68. The molecule has 1 rings (SSSR count). The van der Waals surface area contributed by atoms with Crippen LogP contribution in [-0.4, -0.2) is 25.6 Å². The second-order valence-corrected chi connectivity index (χ2v) is 7.78. The van der Waals surface area contributed by atoms with Crippen molar-refractivity contribution >= 4 is 15.7 Å². The Morgan fingerprint density at radius 2 is 1.80 bits per heavy atom. The van der Waals surface area contributed by atoms with Gasteiger partial charge in [0.05, 0.1) is 4.90 Å². The van der Waals surface area contributed by atoms with Gasteiger partial charge in [-0.15, -0.1) is 0 Å². The topological polar surface area (TPSA) is 63.2 Å². The fourth-order valence-electron chi connectivity index (χ4n) is 1.67. The lowest BCUT2D eigenvalue weighted by molar-refractivity contribution is -0.120. The van der Waals surface area contributed by atoms with E-state index in [-0.39, 0.29) is 4.90 Å². The second kappa shape index (κ2) is 5.95. The Balaban J connectivity index is 2.90. The van der Waals surface area contributed by atoms with E-state index >= 15 is 0 Å². The molecule has 0 saturated carbocycles. The highest BCUT2D eigenvalue weighted by Gasteiger charge is 2.24. The van der Waals surface area contributed by atoms with Crippen molar-refractivity contribution in [2.24, 2.45) is 0 Å². The lowest BCUT2D eigenvalue weighted by atomic mass is 10.0. The minimum Gasteiger partial charge on any atom is -0.350 e. The number of aryl methyl sites for hydroxylation is 2. The predicted octanol–water partition coefficient (Wildman–Crippen LogP) is 2.38. The van der Waals surface area contributed by atoms with E-state index in [0.29, 0.717) is 0 Å². The molecular formula is C15H23NO3S. The van der Waals surface area contributed by atoms with Crippen LogP contribution in [0, 0.1) is 13.8 Å². The standard InChI is InChI=1S/C15H23NO3S/c1-6-15(4,5)16-14(17)10-20(18,19)13-8-7-11(2)12(3)9-13/h7-9H,6,10H2,1-5H3,(H,16,17). The van der Waals surface area contributed by atoms with Crippen molar-refractivity contribution in [3.05, 3.63) is 29.3 Å². The minimum absolute atomic E-state index is 0.199. The summed E-state index contributed by atoms with van der Waals surface area (Å²) in [4.78, 5) is 12.1. The largest absolute Gasteiger partial charge is 0.350 e. The van der Waals surface area contributed by atoms with E-state index in [1.807, 2.05) is 34.6 Å². The molecule has 0 aromatic heterocycles. The van der Waals surface area contributed by atoms with E-state index in [9.17, 15) is 13.2 Å². The summed E-state index contributed by atoms with van der Waals surface area (Å²) in [5.74, 6) is -0.978. The van der Waals surface area contributed by atoms with Gasteiger partial charge in [0.15, 0.2) is 9.84 Å². The molecule has 1 aromatic carbocycles. The van der Waals surface area contributed by atoms with Crippen LogP contribution in [0.2, 0.25) is 0 Å². The average Bonchev–Trinajstić information content (AvgIpc) is 2.31. The van der Waals surface area contributed by atoms with Gasteiger partial charge in [-0.3, -0.25) is 4.79 Å². The van der Waals surface area contributed by atoms with Gasteiger partial charge in [-0.1, -0.05) is 13.0 Å². The Morgan fingerprint density at radius 3 is 2.30 bits per heavy atom. The summed E-state index contributed by atoms with van der Waals surface area (Å²) < 4.78 is 24.4. The second-order valence-electron chi connectivity index (χ2n) is 5.79. The molecule has 0 bridgehead atoms. The Morgan fingerprint density at radius 1 is 1.20 bits per heavy atom. The highest BCUT2D eigenvalue weighted by Crippen LogP contribution is 2.16. The lowest BCUT2D eigenvalue weighted by Gasteiger charge is -2.24. The van der Waals surface area contributed by atoms with Crippen molar-refractivity contribution in [3.8, 4) is 0 Å². The van der Waals surface area contributed by atoms with Gasteiger partial charge < -0.3 is 5.32 Å². The maximum atomic E-state index is 12.2. The molecule has 1 aromatic rings. The van der Waals surface area contributed by atoms with Gasteiger partial charge in [0.25, 0.3) is 0 Å². The summed E-state index contributed by atoms with van der Waals surface area (Å²) in [5.41, 5.74) is 1.54. The molecule has 0 radical (unpaired) electrons. The van der Waals surface area contributed by atoms with Gasteiger partial charge in [-0.05, 0) is 57.4 Å². The van der Waals surface area contributed by atoms with E-state index in [2.05, 4.69) is 5.32 Å². The molecular weight excluding hydrogens is 274 g/mol. The summed E-state index contributed by atoms with van der Waals surface area (Å²) >= 11 is 0. The number of hydrogen-bond acceptors (Lipinski definition) is 3. The van der Waals surface area contributed by atoms with Crippen LogP contribution in [0.15, 0.2) is 23.1 Å². The number of benzene rings is 1. The maximum Gasteiger partial charge on any atom is 0.235 e. The molecule has 0 unspecified atom stereocenters. The zero-order valence-corrected chi connectivity index (χ0v) is 13.6. The molecule has 0 heterocycles. The smallest absolute Gasteiger partial charge is 0.235 e. The van der Waals surface area contributed by atoms with E-state index in [0.717, 1.165) is 17.5 Å². The zero-order chi connectivity index (χ0) is 15.6. The lowest BCUT2D eigenvalue weighted by Crippen LogP contribution is -2.45. The van der Waals surface area contributed by atoms with Crippen LogP contribution in [0.25, 0.3) is 0 Å². The third kappa shape index (κ3) is 4.34. The molecule has 0 atom stereocenters. The van der Waals surface area contributed by atoms with Crippen molar-refractivity contribution in [1.82, 2.24) is 5.32 Å². The highest BCUT2D eigenvalue weighted by molar-refractivity contribution is 7.92. The molecule has 0 aliphatic heterocycles. The summed E-state index contributed by atoms with van der Waals surface area (Å²) in [6.07, 6.45) is 0.739. The first-order valence-corrected chi connectivity index (χ1v) is 8.33. The molecule has 0 fully saturated rings. The third-order valence-electron chi connectivity index (χ3n) is 3.52. The van der Waals surface area contributed by atoms with Gasteiger partial charge in [0.1, 0.15) is 5.75 Å². The van der Waals surface area contributed by atoms with Crippen molar-refractivity contribution < 1.29 is 13.2 Å². The van der Waals surface area contributed by atoms with E-state index in [1.54, 1.807) is 18.2 Å². The molecule has 5 heteroatoms. The van der Waals surface area contributed by atoms with Crippen LogP contribution in [-0.2, 0) is 14.6 Å². The number of carbonyl (C=O) groups excluding carboxylic acids is 1. The average molecular weight is 297 g/mol. The monoisotopic (exact) mass is 297 g/mol. The minimum atomic E-state index is -3.59. The van der Waals surface area contributed by atoms with Crippen LogP contribution in [0.3, 0.4) is 0 Å². The summed E-state index contributed by atoms with van der Waals surface area (Å²) in [7, 11) is -3.59. The van der Waals surface area contributed by atoms with E-state index in [4.69, 9.17) is 0 Å². The fourth-order valence-corrected chi connectivity index (χ4v) is 2.88. The fraction of sp³-hybridized carbons (Fsp3) is 0.533. The molecule has 1 N–H and O–H groups in total. The van der Waals surface area contributed by atoms with Gasteiger partial charge >= 0.3 is 0 Å². The summed E-state index contributed by atoms with van der Waals surface area (Å²) in [5, 5.41) is 2.74. The normalized spacial score (nSPS) is 12.2. The number of nitrogens with one attached hydrogen (secondary N) is 1. The number of amides is 1. The maximum absolute atomic E-state index is 12.2. The van der Waals surface area contributed by atoms with Crippen LogP contribution in [0.1, 0.15) is 38.3 Å². The van der Waals surface area contributed by atoms with Crippen LogP contribution >= 0.6 is 0 Å². The Kier molecular flexibility index (Phi) is 4.97. The van der Waals surface area contributed by atoms with Crippen molar-refractivity contribution in [1.29, 1.82) is 0 Å². The number of hydrogen-bond donors (Lipinski definition) is 1. The first-order chi connectivity index (χ1) is 9.07. The van der Waals surface area contributed by atoms with Gasteiger partial charge in [0.2, 0.25) is 5.91 Å². The Bertz CT molecular complexity index is 604. The third-order valence-corrected chi connectivity index (χ3v) is 5.13. The molecule has 0 aliphatic rings. The summed E-state index contributed by atoms with van der Waals surface area (Å²) in [6.45, 7) is 9.45. The molecule has 0 spiro atoms. The quantitative estimate of drug-likeness (QED) is 0.907. The van der Waals surface area contributed by atoms with Crippen molar-refractivity contribution in [2.75, 3.05) is 5.75 Å². The Labute approximate surface area is 121 Å². The van der Waals surface area contributed by atoms with Gasteiger partial charge in [-0.25, -0.2) is 8.42 Å². The van der Waals surface area contributed by atoms with Crippen molar-refractivity contribution in [2.45, 2.75) is 51.5 Å². The predicted molar refractivity (Wildman–Crippen MR) is 80.5 cm³/mol. The number of rotatable bonds is 5. The van der Waals surface area contributed by atoms with Gasteiger partial charge in [-0.2, -0.15) is 0 Å². The molecule has 1 amide bonds. The SMILES string of the molecule is CCC(C)(C)NC(=O)CS(=O)(=O)c1ccc(C)c(C)c1. The molecule has 20 heavy (non-hydrogen) atoms. The van der Waals surface area contributed by atoms with Crippen LogP contribution in [0.5, 0.6) is 0 Å². The van der Waals surface area contributed by atoms with E-state index in [1.165, 1.54) is 0 Å². The molecule has 0 saturated heterocycles. The highest BCUT2D eigenvalue weighted by atomic mass is 32.2. The van der Waals surface area contributed by atoms with Crippen LogP contribution in [0.4, 0.5) is 0 Å². The van der Waals surface area contributed by atoms with E-state index < -0.39 is 27.0 Å². The first kappa shape index (κ1) is 16.7.